The van der Waals surface area contributed by atoms with Gasteiger partial charge >= 0.3 is 0 Å². The van der Waals surface area contributed by atoms with E-state index in [1.165, 1.54) is 0 Å². The van der Waals surface area contributed by atoms with Gasteiger partial charge in [-0.05, 0) is 12.3 Å². The Morgan fingerprint density at radius 1 is 1.50 bits per heavy atom. The smallest absolute Gasteiger partial charge is 0.225 e. The SMILES string of the molecule is COc1cc(-c2noc(N)c2CC(C)C)nn1C. The normalized spacial score (nSPS) is 11.2. The van der Waals surface area contributed by atoms with Crippen LogP contribution in [0, 0.1) is 5.92 Å². The zero-order valence-electron chi connectivity index (χ0n) is 11.1. The Bertz CT molecular complexity index is 542. The summed E-state index contributed by atoms with van der Waals surface area (Å²) in [6.07, 6.45) is 0.809. The van der Waals surface area contributed by atoms with Crippen molar-refractivity contribution >= 4 is 5.88 Å². The van der Waals surface area contributed by atoms with Crippen molar-refractivity contribution in [3.8, 4) is 17.3 Å². The van der Waals surface area contributed by atoms with Crippen molar-refractivity contribution in [3.05, 3.63) is 11.6 Å². The monoisotopic (exact) mass is 250 g/mol. The molecule has 0 unspecified atom stereocenters. The highest BCUT2D eigenvalue weighted by atomic mass is 16.5. The highest BCUT2D eigenvalue weighted by molar-refractivity contribution is 5.64. The molecule has 0 aliphatic carbocycles. The van der Waals surface area contributed by atoms with Crippen LogP contribution in [0.4, 0.5) is 5.88 Å². The molecule has 0 aliphatic rings. The Balaban J connectivity index is 2.43. The van der Waals surface area contributed by atoms with Gasteiger partial charge < -0.3 is 15.0 Å². The standard InChI is InChI=1S/C12H18N4O2/c1-7(2)5-8-11(15-18-12(8)13)9-6-10(17-4)16(3)14-9/h6-7H,5,13H2,1-4H3. The van der Waals surface area contributed by atoms with Gasteiger partial charge in [-0.25, -0.2) is 4.68 Å². The van der Waals surface area contributed by atoms with Crippen LogP contribution in [0.2, 0.25) is 0 Å². The molecule has 0 aliphatic heterocycles. The van der Waals surface area contributed by atoms with Crippen molar-refractivity contribution in [1.29, 1.82) is 0 Å². The van der Waals surface area contributed by atoms with Crippen LogP contribution in [0.3, 0.4) is 0 Å². The molecule has 2 heterocycles. The van der Waals surface area contributed by atoms with Gasteiger partial charge in [0.25, 0.3) is 0 Å². The third kappa shape index (κ3) is 2.18. The summed E-state index contributed by atoms with van der Waals surface area (Å²) in [5, 5.41) is 8.34. The molecule has 0 spiro atoms. The molecule has 6 nitrogen and oxygen atoms in total. The zero-order chi connectivity index (χ0) is 13.3. The minimum absolute atomic E-state index is 0.364. The zero-order valence-corrected chi connectivity index (χ0v) is 11.1. The van der Waals surface area contributed by atoms with E-state index in [0.29, 0.717) is 29.1 Å². The third-order valence-corrected chi connectivity index (χ3v) is 2.72. The van der Waals surface area contributed by atoms with E-state index in [1.54, 1.807) is 11.8 Å². The lowest BCUT2D eigenvalue weighted by Gasteiger charge is -2.03. The number of hydrogen-bond acceptors (Lipinski definition) is 5. The molecule has 0 atom stereocenters. The van der Waals surface area contributed by atoms with E-state index in [4.69, 9.17) is 15.0 Å². The largest absolute Gasteiger partial charge is 0.481 e. The first-order valence-electron chi connectivity index (χ1n) is 5.85. The highest BCUT2D eigenvalue weighted by Crippen LogP contribution is 2.30. The Labute approximate surface area is 106 Å². The maximum atomic E-state index is 5.81. The van der Waals surface area contributed by atoms with Gasteiger partial charge in [0.1, 0.15) is 11.4 Å². The van der Waals surface area contributed by atoms with Crippen molar-refractivity contribution in [1.82, 2.24) is 14.9 Å². The Kier molecular flexibility index (Phi) is 3.27. The average molecular weight is 250 g/mol. The molecule has 0 radical (unpaired) electrons. The summed E-state index contributed by atoms with van der Waals surface area (Å²) in [4.78, 5) is 0. The van der Waals surface area contributed by atoms with Gasteiger partial charge in [-0.1, -0.05) is 19.0 Å². The van der Waals surface area contributed by atoms with Crippen LogP contribution < -0.4 is 10.5 Å². The summed E-state index contributed by atoms with van der Waals surface area (Å²) in [6.45, 7) is 4.24. The number of hydrogen-bond donors (Lipinski definition) is 1. The third-order valence-electron chi connectivity index (χ3n) is 2.72. The minimum atomic E-state index is 0.364. The topological polar surface area (TPSA) is 79.1 Å². The molecule has 0 aromatic carbocycles. The predicted molar refractivity (Wildman–Crippen MR) is 68.2 cm³/mol. The first kappa shape index (κ1) is 12.5. The van der Waals surface area contributed by atoms with Crippen LogP contribution in [0.5, 0.6) is 5.88 Å². The van der Waals surface area contributed by atoms with E-state index >= 15 is 0 Å². The van der Waals surface area contributed by atoms with E-state index in [-0.39, 0.29) is 0 Å². The lowest BCUT2D eigenvalue weighted by molar-refractivity contribution is 0.373. The fraction of sp³-hybridized carbons (Fsp3) is 0.500. The molecule has 0 fully saturated rings. The fourth-order valence-corrected chi connectivity index (χ4v) is 1.89. The number of anilines is 1. The van der Waals surface area contributed by atoms with Crippen LogP contribution in [0.25, 0.3) is 11.4 Å². The first-order valence-corrected chi connectivity index (χ1v) is 5.85. The maximum Gasteiger partial charge on any atom is 0.225 e. The fourth-order valence-electron chi connectivity index (χ4n) is 1.89. The number of nitrogens with two attached hydrogens (primary N) is 1. The van der Waals surface area contributed by atoms with Crippen LogP contribution in [-0.4, -0.2) is 22.0 Å². The Morgan fingerprint density at radius 3 is 2.78 bits per heavy atom. The molecule has 6 heteroatoms. The Hall–Kier alpha value is -1.98. The predicted octanol–water partition coefficient (Wildman–Crippen LogP) is 1.86. The second kappa shape index (κ2) is 4.72. The number of rotatable bonds is 4. The van der Waals surface area contributed by atoms with Gasteiger partial charge in [0, 0.05) is 18.7 Å². The summed E-state index contributed by atoms with van der Waals surface area (Å²) in [7, 11) is 3.42. The van der Waals surface area contributed by atoms with Gasteiger partial charge in [-0.15, -0.1) is 0 Å². The molecule has 0 bridgehead atoms. The lowest BCUT2D eigenvalue weighted by Crippen LogP contribution is -1.99. The molecule has 0 saturated carbocycles. The average Bonchev–Trinajstić information content (AvgIpc) is 2.83. The number of ether oxygens (including phenoxy) is 1. The summed E-state index contributed by atoms with van der Waals surface area (Å²) < 4.78 is 11.9. The molecule has 2 N–H and O–H groups in total. The van der Waals surface area contributed by atoms with Crippen molar-refractivity contribution in [2.75, 3.05) is 12.8 Å². The van der Waals surface area contributed by atoms with Gasteiger partial charge in [0.05, 0.1) is 7.11 Å². The van der Waals surface area contributed by atoms with E-state index in [2.05, 4.69) is 24.1 Å². The van der Waals surface area contributed by atoms with Crippen LogP contribution in [0.1, 0.15) is 19.4 Å². The number of nitrogens with zero attached hydrogens (tertiary/aromatic N) is 3. The molecular formula is C12H18N4O2. The second-order valence-electron chi connectivity index (χ2n) is 4.67. The summed E-state index contributed by atoms with van der Waals surface area (Å²) in [5.74, 6) is 1.50. The van der Waals surface area contributed by atoms with E-state index in [9.17, 15) is 0 Å². The summed E-state index contributed by atoms with van der Waals surface area (Å²) >= 11 is 0. The van der Waals surface area contributed by atoms with E-state index in [1.807, 2.05) is 13.1 Å². The number of nitrogen functional groups attached to an aromatic ring is 1. The molecule has 2 aromatic heterocycles. The summed E-state index contributed by atoms with van der Waals surface area (Å²) in [6, 6.07) is 1.82. The lowest BCUT2D eigenvalue weighted by atomic mass is 10.0. The highest BCUT2D eigenvalue weighted by Gasteiger charge is 2.19. The van der Waals surface area contributed by atoms with Crippen LogP contribution in [-0.2, 0) is 13.5 Å². The second-order valence-corrected chi connectivity index (χ2v) is 4.67. The van der Waals surface area contributed by atoms with Gasteiger partial charge in [-0.3, -0.25) is 0 Å². The quantitative estimate of drug-likeness (QED) is 0.896. The van der Waals surface area contributed by atoms with Crippen molar-refractivity contribution < 1.29 is 9.26 Å². The number of aryl methyl sites for hydroxylation is 1. The van der Waals surface area contributed by atoms with Gasteiger partial charge in [0.15, 0.2) is 0 Å². The summed E-state index contributed by atoms with van der Waals surface area (Å²) in [5.41, 5.74) is 8.13. The molecule has 98 valence electrons. The molecule has 0 amide bonds. The van der Waals surface area contributed by atoms with E-state index in [0.717, 1.165) is 12.0 Å². The van der Waals surface area contributed by atoms with E-state index < -0.39 is 0 Å². The number of aromatic nitrogens is 3. The van der Waals surface area contributed by atoms with Crippen LogP contribution >= 0.6 is 0 Å². The molecule has 2 rings (SSSR count). The van der Waals surface area contributed by atoms with Gasteiger partial charge in [0.2, 0.25) is 11.8 Å². The maximum absolute atomic E-state index is 5.81. The van der Waals surface area contributed by atoms with Crippen molar-refractivity contribution in [2.45, 2.75) is 20.3 Å². The van der Waals surface area contributed by atoms with Gasteiger partial charge in [-0.2, -0.15) is 5.10 Å². The van der Waals surface area contributed by atoms with Crippen molar-refractivity contribution in [3.63, 3.8) is 0 Å². The molecule has 18 heavy (non-hydrogen) atoms. The Morgan fingerprint density at radius 2 is 2.22 bits per heavy atom. The molecule has 2 aromatic rings. The first-order chi connectivity index (χ1) is 8.52. The number of methoxy groups -OCH3 is 1. The molecular weight excluding hydrogens is 232 g/mol. The minimum Gasteiger partial charge on any atom is -0.481 e. The van der Waals surface area contributed by atoms with Crippen molar-refractivity contribution in [2.24, 2.45) is 13.0 Å². The van der Waals surface area contributed by atoms with Crippen LogP contribution in [0.15, 0.2) is 10.6 Å². The molecule has 0 saturated heterocycles.